The molecule has 0 saturated carbocycles. The molecular formula is C29H38N4O8. The highest BCUT2D eigenvalue weighted by atomic mass is 16.4. The summed E-state index contributed by atoms with van der Waals surface area (Å²) < 4.78 is 0. The van der Waals surface area contributed by atoms with Crippen LogP contribution < -0.4 is 21.7 Å². The topological polar surface area (TPSA) is 208 Å². The summed E-state index contributed by atoms with van der Waals surface area (Å²) >= 11 is 0. The van der Waals surface area contributed by atoms with Gasteiger partial charge in [0.1, 0.15) is 23.9 Å². The molecular weight excluding hydrogens is 532 g/mol. The number of benzene rings is 2. The number of carbonyl (C=O) groups is 5. The molecule has 0 spiro atoms. The second-order valence-corrected chi connectivity index (χ2v) is 9.93. The van der Waals surface area contributed by atoms with Crippen molar-refractivity contribution in [1.29, 1.82) is 0 Å². The van der Waals surface area contributed by atoms with Crippen molar-refractivity contribution in [1.82, 2.24) is 16.0 Å². The molecule has 0 saturated heterocycles. The van der Waals surface area contributed by atoms with Gasteiger partial charge in [-0.1, -0.05) is 62.7 Å². The Morgan fingerprint density at radius 3 is 1.90 bits per heavy atom. The predicted molar refractivity (Wildman–Crippen MR) is 150 cm³/mol. The van der Waals surface area contributed by atoms with Gasteiger partial charge in [-0.3, -0.25) is 19.2 Å². The quantitative estimate of drug-likeness (QED) is 0.153. The molecule has 0 bridgehead atoms. The molecule has 0 aliphatic rings. The first-order chi connectivity index (χ1) is 19.4. The number of phenols is 1. The first-order valence-corrected chi connectivity index (χ1v) is 13.3. The summed E-state index contributed by atoms with van der Waals surface area (Å²) in [5.74, 6) is -5.18. The van der Waals surface area contributed by atoms with Crippen molar-refractivity contribution in [2.24, 2.45) is 11.7 Å². The molecule has 12 nitrogen and oxygen atoms in total. The first kappa shape index (κ1) is 32.8. The van der Waals surface area contributed by atoms with Gasteiger partial charge >= 0.3 is 11.9 Å². The number of carboxylic acid groups (broad SMARTS) is 2. The molecule has 12 heteroatoms. The summed E-state index contributed by atoms with van der Waals surface area (Å²) in [6, 6.07) is 10.1. The van der Waals surface area contributed by atoms with Gasteiger partial charge in [0.2, 0.25) is 17.7 Å². The van der Waals surface area contributed by atoms with Crippen molar-refractivity contribution in [2.75, 3.05) is 0 Å². The number of hydrogen-bond acceptors (Lipinski definition) is 7. The molecule has 0 aliphatic carbocycles. The Morgan fingerprint density at radius 2 is 1.34 bits per heavy atom. The van der Waals surface area contributed by atoms with Crippen LogP contribution in [0.4, 0.5) is 0 Å². The number of carbonyl (C=O) groups excluding carboxylic acids is 3. The van der Waals surface area contributed by atoms with Crippen LogP contribution in [-0.4, -0.2) is 69.1 Å². The lowest BCUT2D eigenvalue weighted by atomic mass is 9.98. The van der Waals surface area contributed by atoms with Gasteiger partial charge in [0.05, 0.1) is 6.04 Å². The highest BCUT2D eigenvalue weighted by Gasteiger charge is 2.32. The SMILES string of the molecule is CCC(C)C(NC(=O)C(CCC(=O)O)NC(=O)C(Cc1ccc(O)cc1)NC(=O)C(N)Cc1ccccc1)C(=O)O. The van der Waals surface area contributed by atoms with Crippen LogP contribution in [0.15, 0.2) is 54.6 Å². The van der Waals surface area contributed by atoms with E-state index in [2.05, 4.69) is 16.0 Å². The third-order valence-corrected chi connectivity index (χ3v) is 6.70. The molecule has 222 valence electrons. The molecule has 2 aromatic rings. The summed E-state index contributed by atoms with van der Waals surface area (Å²) in [6.45, 7) is 3.40. The number of nitrogens with two attached hydrogens (primary N) is 1. The largest absolute Gasteiger partial charge is 0.508 e. The van der Waals surface area contributed by atoms with Crippen molar-refractivity contribution >= 4 is 29.7 Å². The number of aromatic hydroxyl groups is 1. The molecule has 41 heavy (non-hydrogen) atoms. The van der Waals surface area contributed by atoms with E-state index in [4.69, 9.17) is 5.73 Å². The number of amides is 3. The monoisotopic (exact) mass is 570 g/mol. The van der Waals surface area contributed by atoms with Crippen molar-refractivity contribution < 1.29 is 39.3 Å². The molecule has 0 radical (unpaired) electrons. The molecule has 5 atom stereocenters. The smallest absolute Gasteiger partial charge is 0.326 e. The summed E-state index contributed by atoms with van der Waals surface area (Å²) in [5.41, 5.74) is 7.50. The van der Waals surface area contributed by atoms with Gasteiger partial charge in [-0.05, 0) is 42.0 Å². The van der Waals surface area contributed by atoms with Crippen LogP contribution in [0.5, 0.6) is 5.75 Å². The Kier molecular flexibility index (Phi) is 12.8. The summed E-state index contributed by atoms with van der Waals surface area (Å²) in [4.78, 5) is 62.5. The van der Waals surface area contributed by atoms with E-state index in [1.165, 1.54) is 12.1 Å². The highest BCUT2D eigenvalue weighted by Crippen LogP contribution is 2.13. The van der Waals surface area contributed by atoms with Crippen LogP contribution in [0.2, 0.25) is 0 Å². The van der Waals surface area contributed by atoms with E-state index < -0.39 is 66.2 Å². The number of aliphatic carboxylic acids is 2. The average molecular weight is 571 g/mol. The van der Waals surface area contributed by atoms with E-state index in [1.54, 1.807) is 38.1 Å². The molecule has 0 aromatic heterocycles. The summed E-state index contributed by atoms with van der Waals surface area (Å²) in [7, 11) is 0. The zero-order valence-electron chi connectivity index (χ0n) is 23.1. The van der Waals surface area contributed by atoms with Crippen LogP contribution in [0.3, 0.4) is 0 Å². The normalized spacial score (nSPS) is 14.5. The standard InChI is InChI=1S/C29H38N4O8/c1-3-17(2)25(29(40)41)33-27(38)22(13-14-24(35)36)31-28(39)23(16-19-9-11-20(34)12-10-19)32-26(37)21(30)15-18-7-5-4-6-8-18/h4-12,17,21-23,25,34H,3,13-16,30H2,1-2H3,(H,31,39)(H,32,37)(H,33,38)(H,35,36)(H,40,41). The summed E-state index contributed by atoms with van der Waals surface area (Å²) in [5, 5.41) is 35.8. The predicted octanol–water partition coefficient (Wildman–Crippen LogP) is 0.955. The van der Waals surface area contributed by atoms with Gasteiger partial charge in [-0.25, -0.2) is 4.79 Å². The van der Waals surface area contributed by atoms with E-state index in [9.17, 15) is 39.3 Å². The lowest BCUT2D eigenvalue weighted by Crippen LogP contribution is -2.58. The molecule has 3 amide bonds. The fraction of sp³-hybridized carbons (Fsp3) is 0.414. The third kappa shape index (κ3) is 10.9. The van der Waals surface area contributed by atoms with Crippen molar-refractivity contribution in [3.05, 3.63) is 65.7 Å². The van der Waals surface area contributed by atoms with E-state index in [-0.39, 0.29) is 25.0 Å². The van der Waals surface area contributed by atoms with Crippen molar-refractivity contribution in [2.45, 2.75) is 70.1 Å². The van der Waals surface area contributed by atoms with E-state index in [0.717, 1.165) is 5.56 Å². The van der Waals surface area contributed by atoms with Gasteiger partial charge in [-0.2, -0.15) is 0 Å². The number of phenolic OH excluding ortho intramolecular Hbond substituents is 1. The number of rotatable bonds is 16. The lowest BCUT2D eigenvalue weighted by molar-refractivity contribution is -0.144. The van der Waals surface area contributed by atoms with Gasteiger partial charge in [0.15, 0.2) is 0 Å². The third-order valence-electron chi connectivity index (χ3n) is 6.70. The van der Waals surface area contributed by atoms with Crippen LogP contribution >= 0.6 is 0 Å². The van der Waals surface area contributed by atoms with Gasteiger partial charge in [0, 0.05) is 12.8 Å². The molecule has 5 unspecified atom stereocenters. The molecule has 8 N–H and O–H groups in total. The fourth-order valence-corrected chi connectivity index (χ4v) is 4.06. The zero-order chi connectivity index (χ0) is 30.5. The Balaban J connectivity index is 2.26. The van der Waals surface area contributed by atoms with Crippen LogP contribution in [0, 0.1) is 5.92 Å². The second-order valence-electron chi connectivity index (χ2n) is 9.93. The minimum Gasteiger partial charge on any atom is -0.508 e. The fourth-order valence-electron chi connectivity index (χ4n) is 4.06. The number of carboxylic acids is 2. The maximum atomic E-state index is 13.4. The Bertz CT molecular complexity index is 1190. The average Bonchev–Trinajstić information content (AvgIpc) is 2.94. The van der Waals surface area contributed by atoms with Gasteiger partial charge < -0.3 is 37.0 Å². The maximum Gasteiger partial charge on any atom is 0.326 e. The Labute approximate surface area is 238 Å². The van der Waals surface area contributed by atoms with E-state index in [0.29, 0.717) is 12.0 Å². The van der Waals surface area contributed by atoms with Crippen molar-refractivity contribution in [3.63, 3.8) is 0 Å². The second kappa shape index (κ2) is 16.0. The number of nitrogens with one attached hydrogen (secondary N) is 3. The molecule has 0 fully saturated rings. The molecule has 2 rings (SSSR count). The van der Waals surface area contributed by atoms with Crippen LogP contribution in [0.25, 0.3) is 0 Å². The maximum absolute atomic E-state index is 13.4. The molecule has 0 aliphatic heterocycles. The minimum absolute atomic E-state index is 0.00312. The van der Waals surface area contributed by atoms with Crippen molar-refractivity contribution in [3.8, 4) is 5.75 Å². The summed E-state index contributed by atoms with van der Waals surface area (Å²) in [6.07, 6.45) is -0.166. The Hall–Kier alpha value is -4.45. The van der Waals surface area contributed by atoms with Gasteiger partial charge in [-0.15, -0.1) is 0 Å². The lowest BCUT2D eigenvalue weighted by Gasteiger charge is -2.26. The highest BCUT2D eigenvalue weighted by molar-refractivity contribution is 5.94. The van der Waals surface area contributed by atoms with E-state index >= 15 is 0 Å². The van der Waals surface area contributed by atoms with Crippen LogP contribution in [0.1, 0.15) is 44.2 Å². The number of hydrogen-bond donors (Lipinski definition) is 7. The molecule has 2 aromatic carbocycles. The van der Waals surface area contributed by atoms with Gasteiger partial charge in [0.25, 0.3) is 0 Å². The van der Waals surface area contributed by atoms with Crippen LogP contribution in [-0.2, 0) is 36.8 Å². The minimum atomic E-state index is -1.39. The first-order valence-electron chi connectivity index (χ1n) is 13.3. The molecule has 0 heterocycles. The Morgan fingerprint density at radius 1 is 0.780 bits per heavy atom. The zero-order valence-corrected chi connectivity index (χ0v) is 23.1. The van der Waals surface area contributed by atoms with E-state index in [1.807, 2.05) is 18.2 Å².